The maximum Gasteiger partial charge on any atom is 0.268 e. The molecule has 2 aromatic carbocycles. The molecule has 0 unspecified atom stereocenters. The predicted molar refractivity (Wildman–Crippen MR) is 100 cm³/mol. The number of aromatic nitrogens is 1. The van der Waals surface area contributed by atoms with E-state index in [1.54, 1.807) is 12.3 Å². The summed E-state index contributed by atoms with van der Waals surface area (Å²) in [5.41, 5.74) is 2.04. The number of thiazole rings is 1. The zero-order valence-electron chi connectivity index (χ0n) is 13.3. The third kappa shape index (κ3) is 4.63. The number of benzene rings is 2. The van der Waals surface area contributed by atoms with E-state index >= 15 is 0 Å². The van der Waals surface area contributed by atoms with Crippen LogP contribution in [0.2, 0.25) is 0 Å². The van der Waals surface area contributed by atoms with Crippen molar-refractivity contribution in [2.75, 3.05) is 5.32 Å². The van der Waals surface area contributed by atoms with Crippen molar-refractivity contribution in [2.24, 2.45) is 0 Å². The van der Waals surface area contributed by atoms with Gasteiger partial charge in [-0.1, -0.05) is 60.7 Å². The lowest BCUT2D eigenvalue weighted by Gasteiger charge is -2.00. The number of carbonyl (C=O) groups is 1. The molecule has 1 amide bonds. The van der Waals surface area contributed by atoms with E-state index in [9.17, 15) is 10.1 Å². The predicted octanol–water partition coefficient (Wildman–Crippen LogP) is 4.28. The molecule has 0 radical (unpaired) electrons. The highest BCUT2D eigenvalue weighted by atomic mass is 32.1. The molecule has 0 fully saturated rings. The summed E-state index contributed by atoms with van der Waals surface area (Å²) in [6.45, 7) is 0. The largest absolute Gasteiger partial charge is 0.297 e. The van der Waals surface area contributed by atoms with Gasteiger partial charge in [0.15, 0.2) is 5.13 Å². The van der Waals surface area contributed by atoms with Crippen LogP contribution >= 0.6 is 11.3 Å². The van der Waals surface area contributed by atoms with Crippen molar-refractivity contribution in [1.82, 2.24) is 4.98 Å². The van der Waals surface area contributed by atoms with Gasteiger partial charge in [-0.15, -0.1) is 11.3 Å². The minimum Gasteiger partial charge on any atom is -0.297 e. The zero-order chi connectivity index (χ0) is 17.5. The van der Waals surface area contributed by atoms with Gasteiger partial charge < -0.3 is 0 Å². The van der Waals surface area contributed by atoms with Gasteiger partial charge in [0.1, 0.15) is 11.6 Å². The third-order valence-corrected chi connectivity index (χ3v) is 4.38. The molecule has 0 aliphatic heterocycles. The summed E-state index contributed by atoms with van der Waals surface area (Å²) in [5, 5.41) is 12.4. The molecule has 0 spiro atoms. The lowest BCUT2D eigenvalue weighted by atomic mass is 10.1. The fourth-order valence-electron chi connectivity index (χ4n) is 2.27. The molecule has 0 atom stereocenters. The van der Waals surface area contributed by atoms with Crippen LogP contribution < -0.4 is 5.32 Å². The first-order chi connectivity index (χ1) is 12.2. The van der Waals surface area contributed by atoms with Gasteiger partial charge in [-0.25, -0.2) is 4.98 Å². The third-order valence-electron chi connectivity index (χ3n) is 3.47. The maximum absolute atomic E-state index is 12.3. The van der Waals surface area contributed by atoms with Gasteiger partial charge in [-0.2, -0.15) is 5.26 Å². The molecule has 4 nitrogen and oxygen atoms in total. The van der Waals surface area contributed by atoms with Gasteiger partial charge >= 0.3 is 0 Å². The Kier molecular flexibility index (Phi) is 5.35. The van der Waals surface area contributed by atoms with E-state index in [4.69, 9.17) is 0 Å². The van der Waals surface area contributed by atoms with Gasteiger partial charge in [0, 0.05) is 17.5 Å². The van der Waals surface area contributed by atoms with Crippen molar-refractivity contribution in [3.63, 3.8) is 0 Å². The first-order valence-corrected chi connectivity index (χ1v) is 8.53. The highest BCUT2D eigenvalue weighted by Gasteiger charge is 2.12. The number of hydrogen-bond acceptors (Lipinski definition) is 4. The summed E-state index contributed by atoms with van der Waals surface area (Å²) in [4.78, 5) is 17.6. The van der Waals surface area contributed by atoms with Crippen molar-refractivity contribution in [2.45, 2.75) is 6.42 Å². The minimum atomic E-state index is -0.452. The Bertz CT molecular complexity index is 924. The van der Waals surface area contributed by atoms with Crippen molar-refractivity contribution in [3.8, 4) is 6.07 Å². The number of rotatable bonds is 5. The topological polar surface area (TPSA) is 65.8 Å². The first kappa shape index (κ1) is 16.6. The van der Waals surface area contributed by atoms with Crippen molar-refractivity contribution in [3.05, 3.63) is 88.4 Å². The molecule has 3 aromatic rings. The van der Waals surface area contributed by atoms with Crippen LogP contribution in [0.4, 0.5) is 5.13 Å². The van der Waals surface area contributed by atoms with E-state index in [2.05, 4.69) is 10.3 Å². The lowest BCUT2D eigenvalue weighted by molar-refractivity contribution is -0.112. The summed E-state index contributed by atoms with van der Waals surface area (Å²) >= 11 is 1.41. The molecule has 0 aliphatic rings. The maximum atomic E-state index is 12.3. The standard InChI is InChI=1S/C20H15N3OS/c21-13-17(11-15-7-3-1-4-8-15)19(24)23-20-22-14-18(25-20)12-16-9-5-2-6-10-16/h1-11,14H,12H2,(H,22,23,24). The second-order valence-corrected chi connectivity index (χ2v) is 6.44. The number of carbonyl (C=O) groups excluding carboxylic acids is 1. The normalized spacial score (nSPS) is 10.9. The molecule has 3 rings (SSSR count). The Morgan fingerprint density at radius 2 is 1.80 bits per heavy atom. The average Bonchev–Trinajstić information content (AvgIpc) is 3.08. The zero-order valence-corrected chi connectivity index (χ0v) is 14.2. The number of amides is 1. The van der Waals surface area contributed by atoms with Crippen LogP contribution in [0.15, 0.2) is 72.4 Å². The van der Waals surface area contributed by atoms with Crippen LogP contribution in [0.25, 0.3) is 6.08 Å². The number of nitriles is 1. The Morgan fingerprint density at radius 1 is 1.12 bits per heavy atom. The number of anilines is 1. The smallest absolute Gasteiger partial charge is 0.268 e. The van der Waals surface area contributed by atoms with Crippen LogP contribution in [0.5, 0.6) is 0 Å². The summed E-state index contributed by atoms with van der Waals surface area (Å²) in [7, 11) is 0. The van der Waals surface area contributed by atoms with Crippen molar-refractivity contribution >= 4 is 28.5 Å². The number of nitrogens with one attached hydrogen (secondary N) is 1. The first-order valence-electron chi connectivity index (χ1n) is 7.71. The monoisotopic (exact) mass is 345 g/mol. The second-order valence-electron chi connectivity index (χ2n) is 5.33. The average molecular weight is 345 g/mol. The molecule has 0 aliphatic carbocycles. The summed E-state index contributed by atoms with van der Waals surface area (Å²) in [6.07, 6.45) is 4.08. The molecular weight excluding hydrogens is 330 g/mol. The second kappa shape index (κ2) is 8.04. The summed E-state index contributed by atoms with van der Waals surface area (Å²) in [6, 6.07) is 21.3. The van der Waals surface area contributed by atoms with Gasteiger partial charge in [0.05, 0.1) is 0 Å². The van der Waals surface area contributed by atoms with E-state index in [0.717, 1.165) is 16.9 Å². The highest BCUT2D eigenvalue weighted by Crippen LogP contribution is 2.21. The van der Waals surface area contributed by atoms with Gasteiger partial charge in [0.2, 0.25) is 0 Å². The van der Waals surface area contributed by atoms with Crippen LogP contribution in [0, 0.1) is 11.3 Å². The SMILES string of the molecule is N#CC(=Cc1ccccc1)C(=O)Nc1ncc(Cc2ccccc2)s1. The quantitative estimate of drug-likeness (QED) is 0.554. The molecule has 1 aromatic heterocycles. The molecule has 0 saturated heterocycles. The Balaban J connectivity index is 1.68. The Labute approximate surface area is 150 Å². The molecule has 1 N–H and O–H groups in total. The van der Waals surface area contributed by atoms with Crippen LogP contribution in [-0.2, 0) is 11.2 Å². The van der Waals surface area contributed by atoms with E-state index in [1.165, 1.54) is 16.9 Å². The summed E-state index contributed by atoms with van der Waals surface area (Å²) in [5.74, 6) is -0.452. The highest BCUT2D eigenvalue weighted by molar-refractivity contribution is 7.15. The van der Waals surface area contributed by atoms with Crippen LogP contribution in [-0.4, -0.2) is 10.9 Å². The van der Waals surface area contributed by atoms with Gasteiger partial charge in [-0.05, 0) is 17.2 Å². The van der Waals surface area contributed by atoms with Crippen LogP contribution in [0.1, 0.15) is 16.0 Å². The van der Waals surface area contributed by atoms with E-state index in [0.29, 0.717) is 5.13 Å². The van der Waals surface area contributed by atoms with Crippen LogP contribution in [0.3, 0.4) is 0 Å². The Hall–Kier alpha value is -3.23. The molecule has 25 heavy (non-hydrogen) atoms. The Morgan fingerprint density at radius 3 is 2.48 bits per heavy atom. The molecule has 1 heterocycles. The number of nitrogens with zero attached hydrogens (tertiary/aromatic N) is 2. The lowest BCUT2D eigenvalue weighted by Crippen LogP contribution is -2.13. The molecule has 0 bridgehead atoms. The minimum absolute atomic E-state index is 0.0472. The van der Waals surface area contributed by atoms with Crippen molar-refractivity contribution < 1.29 is 4.79 Å². The molecule has 122 valence electrons. The number of hydrogen-bond donors (Lipinski definition) is 1. The van der Waals surface area contributed by atoms with E-state index in [-0.39, 0.29) is 5.57 Å². The van der Waals surface area contributed by atoms with Gasteiger partial charge in [-0.3, -0.25) is 10.1 Å². The fraction of sp³-hybridized carbons (Fsp3) is 0.0500. The van der Waals surface area contributed by atoms with Crippen molar-refractivity contribution in [1.29, 1.82) is 5.26 Å². The van der Waals surface area contributed by atoms with E-state index < -0.39 is 5.91 Å². The fourth-order valence-corrected chi connectivity index (χ4v) is 3.11. The molecular formula is C20H15N3OS. The van der Waals surface area contributed by atoms with Gasteiger partial charge in [0.25, 0.3) is 5.91 Å². The molecule has 5 heteroatoms. The summed E-state index contributed by atoms with van der Waals surface area (Å²) < 4.78 is 0. The van der Waals surface area contributed by atoms with E-state index in [1.807, 2.05) is 66.7 Å². The molecule has 0 saturated carbocycles.